The molecule has 0 saturated heterocycles. The van der Waals surface area contributed by atoms with Crippen LogP contribution in [0, 0.1) is 53.2 Å². The summed E-state index contributed by atoms with van der Waals surface area (Å²) in [5.41, 5.74) is 1.56. The van der Waals surface area contributed by atoms with E-state index in [0.717, 1.165) is 11.3 Å². The molecular weight excluding hydrogens is 822 g/mol. The van der Waals surface area contributed by atoms with Crippen molar-refractivity contribution in [2.75, 3.05) is 0 Å². The van der Waals surface area contributed by atoms with Crippen molar-refractivity contribution in [2.45, 2.75) is 0 Å². The Kier molecular flexibility index (Phi) is 207. The Morgan fingerprint density at radius 2 is 0.941 bits per heavy atom. The second-order valence-electron chi connectivity index (χ2n) is 2.73. The fourth-order valence-electron chi connectivity index (χ4n) is 1.21. The number of para-hydroxylation sites is 1. The topological polar surface area (TPSA) is 209 Å². The average Bonchev–Trinajstić information content (AvgIpc) is 3.00. The number of nitrogens with zero attached hydrogens (tertiary/aromatic N) is 1. The summed E-state index contributed by atoms with van der Waals surface area (Å²) in [5.74, 6) is 0.265. The van der Waals surface area contributed by atoms with Gasteiger partial charge in [-0.25, -0.2) is 0 Å². The normalized spacial score (nSPS) is 4.53. The van der Waals surface area contributed by atoms with Crippen LogP contribution in [-0.2, 0) is 80.6 Å². The van der Waals surface area contributed by atoms with Gasteiger partial charge in [0.1, 0.15) is 5.75 Å². The van der Waals surface area contributed by atoms with Gasteiger partial charge in [-0.15, -0.1) is 0 Å². The van der Waals surface area contributed by atoms with Crippen LogP contribution in [0.2, 0.25) is 0 Å². The third kappa shape index (κ3) is 57.0. The first kappa shape index (κ1) is 63.4. The van der Waals surface area contributed by atoms with Crippen molar-refractivity contribution in [1.29, 1.82) is 0 Å². The van der Waals surface area contributed by atoms with E-state index in [4.69, 9.17) is 51.5 Å². The summed E-state index contributed by atoms with van der Waals surface area (Å²) in [7, 11) is 4.69. The monoisotopic (exact) mass is 833 g/mol. The standard InChI is InChI=1S/C11H9NO.CHO.8CO.ClH.2Re/c13-11-7-2-1-5-9(11)10-6-3-4-8-12-10;9*1-2;;;/h1-8,13H;1H;;;;;;;;;1H;;/q;-1;;;;;;;;;;;+1/p-1. The minimum absolute atomic E-state index is 0. The van der Waals surface area contributed by atoms with Crippen LogP contribution in [0.15, 0.2) is 48.7 Å². The molecule has 1 aromatic carbocycles. The van der Waals surface area contributed by atoms with Crippen molar-refractivity contribution in [2.24, 2.45) is 0 Å². The summed E-state index contributed by atoms with van der Waals surface area (Å²) in [5, 5.41) is 9.52. The number of phenolic OH excluding ortho intramolecular Hbond substituents is 1. The SMILES string of the molecule is Oc1ccccc1-c1ccccn1.[C-]#[O+].[C-]#[O+].[C-]#[O+].[C-]#[O+].[C-]#[O+].[C-]#[O+].[C-]#[O+].[C-]#[O+].[CH-]=O.[Cl][Re].[Re]. The van der Waals surface area contributed by atoms with Crippen molar-refractivity contribution in [3.8, 4) is 17.0 Å². The second-order valence-corrected chi connectivity index (χ2v) is 2.73. The minimum Gasteiger partial charge on any atom is 0 e. The molecule has 0 bridgehead atoms. The number of rotatable bonds is 1. The second kappa shape index (κ2) is 111. The maximum absolute atomic E-state index is 9.52. The first-order valence-electron chi connectivity index (χ1n) is 6.08. The number of benzene rings is 1. The molecule has 34 heavy (non-hydrogen) atoms. The molecule has 1 radical (unpaired) electrons. The van der Waals surface area contributed by atoms with E-state index in [2.05, 4.69) is 65.0 Å². The summed E-state index contributed by atoms with van der Waals surface area (Å²) < 4.78 is 60.0. The largest absolute Gasteiger partial charge is 0 e. The number of phenols is 1. The van der Waals surface area contributed by atoms with Crippen LogP contribution in [-0.4, -0.2) is 16.9 Å². The van der Waals surface area contributed by atoms with Gasteiger partial charge >= 0.3 is 118 Å². The van der Waals surface area contributed by atoms with Crippen LogP contribution < -0.4 is 0 Å². The Hall–Kier alpha value is -2.63. The predicted molar refractivity (Wildman–Crippen MR) is 95.4 cm³/mol. The van der Waals surface area contributed by atoms with E-state index in [1.54, 1.807) is 18.3 Å². The summed E-state index contributed by atoms with van der Waals surface area (Å²) in [6.45, 7) is 39.2. The van der Waals surface area contributed by atoms with E-state index in [9.17, 15) is 5.11 Å². The van der Waals surface area contributed by atoms with Crippen molar-refractivity contribution in [3.63, 3.8) is 0 Å². The van der Waals surface area contributed by atoms with Gasteiger partial charge in [-0.1, -0.05) is 18.2 Å². The molecule has 0 amide bonds. The number of hydrogen-bond donors (Lipinski definition) is 1. The molecular formula is C20H10ClNO10Re2-. The number of pyridine rings is 1. The van der Waals surface area contributed by atoms with Gasteiger partial charge in [0.25, 0.3) is 0 Å². The molecule has 0 aliphatic carbocycles. The molecule has 177 valence electrons. The molecule has 14 heteroatoms. The van der Waals surface area contributed by atoms with Crippen LogP contribution in [0.1, 0.15) is 0 Å². The maximum atomic E-state index is 9.52. The molecule has 0 aliphatic rings. The van der Waals surface area contributed by atoms with Gasteiger partial charge in [0.05, 0.1) is 5.69 Å². The summed E-state index contributed by atoms with van der Waals surface area (Å²) in [6.07, 6.45) is 1.71. The molecule has 0 saturated carbocycles. The molecule has 0 unspecified atom stereocenters. The van der Waals surface area contributed by atoms with Gasteiger partial charge in [0, 0.05) is 32.2 Å². The van der Waals surface area contributed by atoms with Gasteiger partial charge < -0.3 is 9.90 Å². The molecule has 1 heterocycles. The third-order valence-electron chi connectivity index (χ3n) is 1.84. The first-order chi connectivity index (χ1) is 16.4. The minimum atomic E-state index is 0. The molecule has 0 spiro atoms. The van der Waals surface area contributed by atoms with Gasteiger partial charge in [0.15, 0.2) is 0 Å². The van der Waals surface area contributed by atoms with E-state index in [-0.39, 0.29) is 26.2 Å². The summed E-state index contributed by atoms with van der Waals surface area (Å²) in [4.78, 5) is 11.9. The molecule has 2 aromatic rings. The average molecular weight is 832 g/mol. The summed E-state index contributed by atoms with van der Waals surface area (Å²) >= 11 is 1.19. The van der Waals surface area contributed by atoms with Crippen LogP contribution in [0.25, 0.3) is 11.3 Å². The number of halogens is 1. The van der Waals surface area contributed by atoms with Gasteiger partial charge in [-0.3, -0.25) is 11.8 Å². The molecule has 11 nitrogen and oxygen atoms in total. The van der Waals surface area contributed by atoms with Crippen molar-refractivity contribution < 1.29 is 85.7 Å². The van der Waals surface area contributed by atoms with Crippen LogP contribution in [0.3, 0.4) is 0 Å². The molecule has 0 fully saturated rings. The number of aromatic hydroxyl groups is 1. The fourth-order valence-corrected chi connectivity index (χ4v) is 1.21. The Labute approximate surface area is 225 Å². The zero-order chi connectivity index (χ0) is 29.1. The maximum Gasteiger partial charge on any atom is 0 e. The number of aromatic nitrogens is 1. The molecule has 0 atom stereocenters. The van der Waals surface area contributed by atoms with E-state index in [1.807, 2.05) is 30.3 Å². The smallest absolute Gasteiger partial charge is 0 e. The van der Waals surface area contributed by atoms with E-state index < -0.39 is 0 Å². The zero-order valence-corrected chi connectivity index (χ0v) is 22.6. The van der Waals surface area contributed by atoms with Gasteiger partial charge in [-0.2, -0.15) is 0 Å². The van der Waals surface area contributed by atoms with Gasteiger partial charge in [0.2, 0.25) is 0 Å². The Morgan fingerprint density at radius 1 is 0.647 bits per heavy atom. The molecule has 0 aliphatic heterocycles. The van der Waals surface area contributed by atoms with Gasteiger partial charge in [-0.05, 0) is 24.3 Å². The predicted octanol–water partition coefficient (Wildman–Crippen LogP) is 2.56. The summed E-state index contributed by atoms with van der Waals surface area (Å²) in [6, 6.07) is 12.8. The van der Waals surface area contributed by atoms with E-state index in [0.29, 0.717) is 0 Å². The number of hydrogen-bond acceptors (Lipinski definition) is 3. The Morgan fingerprint density at radius 3 is 1.21 bits per heavy atom. The van der Waals surface area contributed by atoms with E-state index in [1.165, 1.54) is 18.2 Å². The Balaban J connectivity index is -0.0000000294. The van der Waals surface area contributed by atoms with Crippen LogP contribution >= 0.6 is 9.53 Å². The van der Waals surface area contributed by atoms with Crippen LogP contribution in [0.4, 0.5) is 0 Å². The van der Waals surface area contributed by atoms with E-state index >= 15 is 0 Å². The van der Waals surface area contributed by atoms with Crippen molar-refractivity contribution in [3.05, 3.63) is 102 Å². The molecule has 2 rings (SSSR count). The van der Waals surface area contributed by atoms with Crippen molar-refractivity contribution >= 4 is 16.3 Å². The van der Waals surface area contributed by atoms with Crippen LogP contribution in [0.5, 0.6) is 5.75 Å². The quantitative estimate of drug-likeness (QED) is 0.261. The Bertz CT molecular complexity index is 687. The fraction of sp³-hybridized carbons (Fsp3) is 0. The zero-order valence-electron chi connectivity index (χ0n) is 16.4. The molecule has 1 aromatic heterocycles. The first-order valence-corrected chi connectivity index (χ1v) is 9.45. The number of carbonyl (C=O) groups excluding carboxylic acids is 1. The van der Waals surface area contributed by atoms with Crippen molar-refractivity contribution in [1.82, 2.24) is 4.98 Å². The third-order valence-corrected chi connectivity index (χ3v) is 1.84. The molecule has 1 N–H and O–H groups in total.